The highest BCUT2D eigenvalue weighted by Crippen LogP contribution is 2.25. The van der Waals surface area contributed by atoms with Crippen LogP contribution in [0.15, 0.2) is 18.2 Å². The van der Waals surface area contributed by atoms with Crippen molar-refractivity contribution in [3.63, 3.8) is 0 Å². The van der Waals surface area contributed by atoms with Crippen LogP contribution in [0.4, 0.5) is 4.39 Å². The molecule has 0 bridgehead atoms. The van der Waals surface area contributed by atoms with Crippen LogP contribution < -0.4 is 0 Å². The van der Waals surface area contributed by atoms with E-state index in [4.69, 9.17) is 16.7 Å². The maximum Gasteiger partial charge on any atom is 0.307 e. The van der Waals surface area contributed by atoms with Gasteiger partial charge in [-0.05, 0) is 31.2 Å². The van der Waals surface area contributed by atoms with Gasteiger partial charge in [0.15, 0.2) is 0 Å². The van der Waals surface area contributed by atoms with Crippen molar-refractivity contribution in [2.24, 2.45) is 5.92 Å². The summed E-state index contributed by atoms with van der Waals surface area (Å²) < 4.78 is 13.1. The van der Waals surface area contributed by atoms with Crippen LogP contribution in [-0.4, -0.2) is 29.1 Å². The molecule has 0 radical (unpaired) electrons. The van der Waals surface area contributed by atoms with Gasteiger partial charge < -0.3 is 5.11 Å². The first-order chi connectivity index (χ1) is 8.86. The third-order valence-corrected chi connectivity index (χ3v) is 3.60. The summed E-state index contributed by atoms with van der Waals surface area (Å²) in [6, 6.07) is 4.60. The molecule has 0 fully saturated rings. The standard InChI is InChI=1S/C14H19ClFNO2/c1-4-17(8-9(2)14(18)19)10(3)11-5-6-13(16)12(15)7-11/h5-7,9-10H,4,8H2,1-3H3,(H,18,19). The maximum absolute atomic E-state index is 13.1. The summed E-state index contributed by atoms with van der Waals surface area (Å²) in [6.45, 7) is 6.77. The largest absolute Gasteiger partial charge is 0.481 e. The zero-order valence-corrected chi connectivity index (χ0v) is 12.1. The van der Waals surface area contributed by atoms with Crippen LogP contribution in [0.25, 0.3) is 0 Å². The number of aliphatic carboxylic acids is 1. The fraction of sp³-hybridized carbons (Fsp3) is 0.500. The van der Waals surface area contributed by atoms with Crippen LogP contribution in [0, 0.1) is 11.7 Å². The van der Waals surface area contributed by atoms with Crippen LogP contribution >= 0.6 is 11.6 Å². The van der Waals surface area contributed by atoms with Crippen molar-refractivity contribution in [3.05, 3.63) is 34.6 Å². The molecule has 0 heterocycles. The quantitative estimate of drug-likeness (QED) is 0.869. The molecule has 0 aliphatic rings. The SMILES string of the molecule is CCN(CC(C)C(=O)O)C(C)c1ccc(F)c(Cl)c1. The summed E-state index contributed by atoms with van der Waals surface area (Å²) >= 11 is 5.77. The van der Waals surface area contributed by atoms with E-state index in [1.54, 1.807) is 19.1 Å². The van der Waals surface area contributed by atoms with Crippen LogP contribution in [0.1, 0.15) is 32.4 Å². The molecular weight excluding hydrogens is 269 g/mol. The first kappa shape index (κ1) is 15.9. The number of halogens is 2. The van der Waals surface area contributed by atoms with Crippen LogP contribution in [0.5, 0.6) is 0 Å². The molecular formula is C14H19ClFNO2. The third kappa shape index (κ3) is 4.18. The summed E-state index contributed by atoms with van der Waals surface area (Å²) in [6.07, 6.45) is 0. The summed E-state index contributed by atoms with van der Waals surface area (Å²) in [7, 11) is 0. The van der Waals surface area contributed by atoms with Crippen molar-refractivity contribution >= 4 is 17.6 Å². The molecule has 0 spiro atoms. The smallest absolute Gasteiger partial charge is 0.307 e. The number of carboxylic acids is 1. The van der Waals surface area contributed by atoms with Crippen LogP contribution in [0.3, 0.4) is 0 Å². The van der Waals surface area contributed by atoms with E-state index in [1.165, 1.54) is 6.07 Å². The molecule has 0 aliphatic carbocycles. The van der Waals surface area contributed by atoms with Gasteiger partial charge in [0.05, 0.1) is 10.9 Å². The molecule has 0 saturated heterocycles. The average molecular weight is 288 g/mol. The normalized spacial score (nSPS) is 14.4. The Hall–Kier alpha value is -1.13. The van der Waals surface area contributed by atoms with E-state index in [1.807, 2.05) is 18.7 Å². The molecule has 1 rings (SSSR count). The van der Waals surface area contributed by atoms with E-state index < -0.39 is 17.7 Å². The van der Waals surface area contributed by atoms with Gasteiger partial charge in [-0.3, -0.25) is 9.69 Å². The first-order valence-corrected chi connectivity index (χ1v) is 6.66. The lowest BCUT2D eigenvalue weighted by molar-refractivity contribution is -0.141. The van der Waals surface area contributed by atoms with Crippen molar-refractivity contribution in [1.29, 1.82) is 0 Å². The molecule has 0 aromatic heterocycles. The molecule has 1 aromatic rings. The minimum Gasteiger partial charge on any atom is -0.481 e. The second kappa shape index (κ2) is 6.87. The van der Waals surface area contributed by atoms with E-state index >= 15 is 0 Å². The van der Waals surface area contributed by atoms with Crippen LogP contribution in [-0.2, 0) is 4.79 Å². The Bertz CT molecular complexity index is 453. The number of benzene rings is 1. The Labute approximate surface area is 118 Å². The third-order valence-electron chi connectivity index (χ3n) is 3.31. The van der Waals surface area contributed by atoms with Crippen molar-refractivity contribution in [2.75, 3.05) is 13.1 Å². The summed E-state index contributed by atoms with van der Waals surface area (Å²) in [5.41, 5.74) is 0.880. The summed E-state index contributed by atoms with van der Waals surface area (Å²) in [5, 5.41) is 9.05. The fourth-order valence-electron chi connectivity index (χ4n) is 1.97. The molecule has 1 aromatic carbocycles. The Morgan fingerprint density at radius 1 is 1.47 bits per heavy atom. The highest BCUT2D eigenvalue weighted by Gasteiger charge is 2.20. The molecule has 0 saturated carbocycles. The summed E-state index contributed by atoms with van der Waals surface area (Å²) in [4.78, 5) is 12.9. The van der Waals surface area contributed by atoms with Gasteiger partial charge in [-0.25, -0.2) is 4.39 Å². The number of rotatable bonds is 6. The Morgan fingerprint density at radius 3 is 2.58 bits per heavy atom. The van der Waals surface area contributed by atoms with Crippen molar-refractivity contribution < 1.29 is 14.3 Å². The lowest BCUT2D eigenvalue weighted by Crippen LogP contribution is -2.33. The van der Waals surface area contributed by atoms with Crippen molar-refractivity contribution in [3.8, 4) is 0 Å². The number of hydrogen-bond acceptors (Lipinski definition) is 2. The topological polar surface area (TPSA) is 40.5 Å². The molecule has 1 N–H and O–H groups in total. The minimum atomic E-state index is -0.817. The molecule has 3 nitrogen and oxygen atoms in total. The molecule has 0 aliphatic heterocycles. The van der Waals surface area contributed by atoms with Gasteiger partial charge in [-0.2, -0.15) is 0 Å². The highest BCUT2D eigenvalue weighted by molar-refractivity contribution is 6.30. The molecule has 5 heteroatoms. The zero-order chi connectivity index (χ0) is 14.6. The van der Waals surface area contributed by atoms with E-state index in [0.717, 1.165) is 5.56 Å². The lowest BCUT2D eigenvalue weighted by atomic mass is 10.0. The predicted molar refractivity (Wildman–Crippen MR) is 73.9 cm³/mol. The highest BCUT2D eigenvalue weighted by atomic mass is 35.5. The monoisotopic (exact) mass is 287 g/mol. The number of carboxylic acid groups (broad SMARTS) is 1. The average Bonchev–Trinajstić information content (AvgIpc) is 2.37. The Balaban J connectivity index is 2.85. The fourth-order valence-corrected chi connectivity index (χ4v) is 2.16. The predicted octanol–water partition coefficient (Wildman–Crippen LogP) is 3.58. The van der Waals surface area contributed by atoms with Crippen molar-refractivity contribution in [2.45, 2.75) is 26.8 Å². The molecule has 0 amide bonds. The Kier molecular flexibility index (Phi) is 5.76. The van der Waals surface area contributed by atoms with E-state index in [-0.39, 0.29) is 11.1 Å². The second-order valence-electron chi connectivity index (χ2n) is 4.68. The van der Waals surface area contributed by atoms with Gasteiger partial charge in [-0.15, -0.1) is 0 Å². The summed E-state index contributed by atoms with van der Waals surface area (Å²) in [5.74, 6) is -1.71. The molecule has 19 heavy (non-hydrogen) atoms. The Morgan fingerprint density at radius 2 is 2.11 bits per heavy atom. The zero-order valence-electron chi connectivity index (χ0n) is 11.4. The van der Waals surface area contributed by atoms with Gasteiger partial charge in [0.2, 0.25) is 0 Å². The van der Waals surface area contributed by atoms with E-state index in [0.29, 0.717) is 13.1 Å². The number of carbonyl (C=O) groups is 1. The maximum atomic E-state index is 13.1. The van der Waals surface area contributed by atoms with Gasteiger partial charge >= 0.3 is 5.97 Å². The minimum absolute atomic E-state index is 0.00935. The van der Waals surface area contributed by atoms with E-state index in [2.05, 4.69) is 0 Å². The van der Waals surface area contributed by atoms with E-state index in [9.17, 15) is 9.18 Å². The van der Waals surface area contributed by atoms with Gasteiger partial charge in [-0.1, -0.05) is 31.5 Å². The first-order valence-electron chi connectivity index (χ1n) is 6.28. The molecule has 2 unspecified atom stereocenters. The second-order valence-corrected chi connectivity index (χ2v) is 5.08. The molecule has 2 atom stereocenters. The van der Waals surface area contributed by atoms with Crippen molar-refractivity contribution in [1.82, 2.24) is 4.90 Å². The van der Waals surface area contributed by atoms with Gasteiger partial charge in [0.1, 0.15) is 5.82 Å². The van der Waals surface area contributed by atoms with Crippen LogP contribution in [0.2, 0.25) is 5.02 Å². The lowest BCUT2D eigenvalue weighted by Gasteiger charge is -2.29. The number of nitrogens with zero attached hydrogens (tertiary/aromatic N) is 1. The number of hydrogen-bond donors (Lipinski definition) is 1. The van der Waals surface area contributed by atoms with Gasteiger partial charge in [0.25, 0.3) is 0 Å². The van der Waals surface area contributed by atoms with Gasteiger partial charge in [0, 0.05) is 12.6 Å². The molecule has 106 valence electrons.